The second-order valence-electron chi connectivity index (χ2n) is 23.6. The molecule has 7 nitrogen and oxygen atoms in total. The summed E-state index contributed by atoms with van der Waals surface area (Å²) in [5.41, 5.74) is 22.3. The first kappa shape index (κ1) is 52.5. The number of nitrogens with zero attached hydrogens (tertiary/aromatic N) is 7. The predicted molar refractivity (Wildman–Crippen MR) is 382 cm³/mol. The van der Waals surface area contributed by atoms with Gasteiger partial charge in [0.2, 0.25) is 0 Å². The predicted octanol–water partition coefficient (Wildman–Crippen LogP) is 21.6. The minimum Gasteiger partial charge on any atom is -0.309 e. The van der Waals surface area contributed by atoms with Crippen molar-refractivity contribution < 1.29 is 0 Å². The Morgan fingerprint density at radius 1 is 0.275 bits per heavy atom. The lowest BCUT2D eigenvalue weighted by Crippen LogP contribution is -1.95. The number of rotatable bonds is 5. The molecule has 20 rings (SSSR count). The fourth-order valence-corrected chi connectivity index (χ4v) is 14.5. The summed E-state index contributed by atoms with van der Waals surface area (Å²) < 4.78 is 11.8. The van der Waals surface area contributed by atoms with Crippen LogP contribution in [0.4, 0.5) is 0 Å². The van der Waals surface area contributed by atoms with E-state index in [0.717, 1.165) is 38.9 Å². The zero-order valence-corrected chi connectivity index (χ0v) is 50.8. The van der Waals surface area contributed by atoms with Gasteiger partial charge in [0.1, 0.15) is 4.60 Å². The lowest BCUT2D eigenvalue weighted by Gasteiger charge is -2.09. The minimum atomic E-state index is 0.868. The van der Waals surface area contributed by atoms with E-state index >= 15 is 0 Å². The zero-order valence-electron chi connectivity index (χ0n) is 49.2. The van der Waals surface area contributed by atoms with Gasteiger partial charge in [-0.2, -0.15) is 5.10 Å². The van der Waals surface area contributed by atoms with Crippen molar-refractivity contribution in [2.75, 3.05) is 0 Å². The molecule has 0 radical (unpaired) electrons. The topological polar surface area (TPSA) is 49.4 Å². The maximum Gasteiger partial charge on any atom is 0.160 e. The summed E-state index contributed by atoms with van der Waals surface area (Å²) in [6.07, 6.45) is 5.19. The number of aromatic nitrogens is 7. The van der Waals surface area contributed by atoms with Crippen LogP contribution in [-0.2, 0) is 6.42 Å². The van der Waals surface area contributed by atoms with Crippen molar-refractivity contribution in [2.45, 2.75) is 6.42 Å². The van der Waals surface area contributed by atoms with E-state index < -0.39 is 0 Å². The summed E-state index contributed by atoms with van der Waals surface area (Å²) in [5, 5.41) is 21.7. The van der Waals surface area contributed by atoms with E-state index in [1.807, 2.05) is 33.4 Å². The van der Waals surface area contributed by atoms with Gasteiger partial charge in [-0.3, -0.25) is 4.57 Å². The average Bonchev–Trinajstić information content (AvgIpc) is 1.67. The summed E-state index contributed by atoms with van der Waals surface area (Å²) in [6.45, 7) is 0. The third-order valence-corrected chi connectivity index (χ3v) is 18.7. The van der Waals surface area contributed by atoms with Crippen LogP contribution in [0.15, 0.2) is 320 Å². The van der Waals surface area contributed by atoms with Crippen LogP contribution in [0.3, 0.4) is 0 Å². The van der Waals surface area contributed by atoms with Crippen LogP contribution in [0.25, 0.3) is 149 Å². The molecule has 0 amide bonds. The highest BCUT2D eigenvalue weighted by molar-refractivity contribution is 9.10. The third kappa shape index (κ3) is 8.93. The molecule has 0 saturated carbocycles. The van der Waals surface area contributed by atoms with Gasteiger partial charge < -0.3 is 9.13 Å². The fourth-order valence-electron chi connectivity index (χ4n) is 14.1. The Morgan fingerprint density at radius 2 is 0.670 bits per heavy atom. The van der Waals surface area contributed by atoms with Gasteiger partial charge in [0, 0.05) is 72.9 Å². The average molecular weight is 1230 g/mol. The van der Waals surface area contributed by atoms with Gasteiger partial charge in [0.05, 0.1) is 44.1 Å². The van der Waals surface area contributed by atoms with E-state index in [9.17, 15) is 0 Å². The van der Waals surface area contributed by atoms with E-state index in [4.69, 9.17) is 5.10 Å². The van der Waals surface area contributed by atoms with Gasteiger partial charge >= 0.3 is 0 Å². The van der Waals surface area contributed by atoms with Gasteiger partial charge in [-0.1, -0.05) is 194 Å². The SMILES string of the molecule is Brc1cc2cc3ccccc3cn2n1.c1ccc(-n2c3ccccc3c3cc(-c4ccc5c(c4)-c4ccccc4C5)ccc32)cc1.c1ccc(-n2c3ccccc3c3cc(-c4ccc5c(c4)c4ccccc4n5-c4cc5cc6ccccc6cn5n4)ccc32)cc1. The summed E-state index contributed by atoms with van der Waals surface area (Å²) in [4.78, 5) is 0. The first-order valence-electron chi connectivity index (χ1n) is 30.8. The first-order chi connectivity index (χ1) is 45.0. The summed E-state index contributed by atoms with van der Waals surface area (Å²) in [7, 11) is 0. The number of para-hydroxylation sites is 5. The van der Waals surface area contributed by atoms with Crippen LogP contribution < -0.4 is 0 Å². The van der Waals surface area contributed by atoms with Crippen LogP contribution in [-0.4, -0.2) is 32.9 Å². The molecule has 0 atom stereocenters. The molecule has 0 bridgehead atoms. The van der Waals surface area contributed by atoms with Crippen molar-refractivity contribution in [1.82, 2.24) is 32.9 Å². The van der Waals surface area contributed by atoms with Gasteiger partial charge in [-0.25, -0.2) is 9.03 Å². The molecule has 428 valence electrons. The van der Waals surface area contributed by atoms with Crippen molar-refractivity contribution in [3.05, 3.63) is 331 Å². The smallest absolute Gasteiger partial charge is 0.160 e. The molecule has 91 heavy (non-hydrogen) atoms. The molecule has 1 aliphatic carbocycles. The Bertz CT molecular complexity index is 5980. The zero-order chi connectivity index (χ0) is 60.1. The van der Waals surface area contributed by atoms with Crippen molar-refractivity contribution in [3.8, 4) is 50.6 Å². The summed E-state index contributed by atoms with van der Waals surface area (Å²) in [5.74, 6) is 0.916. The molecule has 0 spiro atoms. The van der Waals surface area contributed by atoms with Gasteiger partial charge in [0.15, 0.2) is 5.82 Å². The number of benzene rings is 12. The quantitative estimate of drug-likeness (QED) is 0.172. The highest BCUT2D eigenvalue weighted by Crippen LogP contribution is 2.42. The number of hydrogen-bond donors (Lipinski definition) is 0. The number of fused-ring (bicyclic) bond motifs is 16. The van der Waals surface area contributed by atoms with Crippen LogP contribution in [0.1, 0.15) is 11.1 Å². The number of halogens is 1. The standard InChI is InChI=1S/C41H26N4.C31H21N.C11H7BrN2/c1-2-12-31(13-3-1)44-37-16-8-6-14-33(37)35-23-28(18-20-39(35)44)29-19-21-40-36(24-29)34-15-7-9-17-38(34)45(40)41-25-32-22-27-10-4-5-11-30(27)26-43(32)42-41;1-2-9-25(10-3-1)32-30-13-7-6-12-27(30)29-20-22(16-17-31(29)32)21-14-15-24-18-23-8-4-5-11-26(23)28(24)19-21;12-11-6-10-5-8-3-1-2-4-9(8)7-14(10)13-11/h1-26H;1-17,19-20H,18H2;1-7H. The molecule has 12 aromatic carbocycles. The Balaban J connectivity index is 0.000000115. The highest BCUT2D eigenvalue weighted by Gasteiger charge is 2.21. The van der Waals surface area contributed by atoms with E-state index in [0.29, 0.717) is 0 Å². The van der Waals surface area contributed by atoms with Gasteiger partial charge in [-0.15, -0.1) is 5.10 Å². The lowest BCUT2D eigenvalue weighted by atomic mass is 9.97. The monoisotopic (exact) mass is 1230 g/mol. The van der Waals surface area contributed by atoms with Crippen molar-refractivity contribution in [1.29, 1.82) is 0 Å². The number of pyridine rings is 2. The Hall–Kier alpha value is -11.6. The van der Waals surface area contributed by atoms with Gasteiger partial charge in [-0.05, 0) is 181 Å². The molecule has 0 N–H and O–H groups in total. The first-order valence-corrected chi connectivity index (χ1v) is 31.6. The maximum absolute atomic E-state index is 5.05. The molecule has 0 unspecified atom stereocenters. The molecule has 0 aliphatic heterocycles. The van der Waals surface area contributed by atoms with E-state index in [1.165, 1.54) is 132 Å². The number of hydrogen-bond acceptors (Lipinski definition) is 2. The third-order valence-electron chi connectivity index (χ3n) is 18.3. The molecule has 7 aromatic heterocycles. The molecular weight excluding hydrogens is 1170 g/mol. The molecule has 7 heterocycles. The van der Waals surface area contributed by atoms with Crippen LogP contribution in [0, 0.1) is 0 Å². The molecule has 0 fully saturated rings. The normalized spacial score (nSPS) is 12.0. The molecule has 19 aromatic rings. The Labute approximate surface area is 531 Å². The second kappa shape index (κ2) is 21.3. The van der Waals surface area contributed by atoms with Crippen molar-refractivity contribution >= 4 is 114 Å². The highest BCUT2D eigenvalue weighted by atomic mass is 79.9. The van der Waals surface area contributed by atoms with E-state index in [1.54, 1.807) is 0 Å². The van der Waals surface area contributed by atoms with Crippen molar-refractivity contribution in [2.24, 2.45) is 0 Å². The van der Waals surface area contributed by atoms with Crippen LogP contribution >= 0.6 is 15.9 Å². The fraction of sp³-hybridized carbons (Fsp3) is 0.0120. The minimum absolute atomic E-state index is 0.868. The lowest BCUT2D eigenvalue weighted by molar-refractivity contribution is 0.927. The Kier molecular flexibility index (Phi) is 12.3. The van der Waals surface area contributed by atoms with Gasteiger partial charge in [0.25, 0.3) is 0 Å². The van der Waals surface area contributed by atoms with Crippen molar-refractivity contribution in [3.63, 3.8) is 0 Å². The molecular formula is C83H54BrN7. The summed E-state index contributed by atoms with van der Waals surface area (Å²) >= 11 is 3.37. The largest absolute Gasteiger partial charge is 0.309 e. The van der Waals surface area contributed by atoms with E-state index in [2.05, 4.69) is 326 Å². The summed E-state index contributed by atoms with van der Waals surface area (Å²) in [6, 6.07) is 109. The van der Waals surface area contributed by atoms with E-state index in [-0.39, 0.29) is 0 Å². The molecule has 1 aliphatic rings. The maximum atomic E-state index is 5.05. The Morgan fingerprint density at radius 3 is 1.22 bits per heavy atom. The molecule has 0 saturated heterocycles. The molecule has 8 heteroatoms. The van der Waals surface area contributed by atoms with Crippen LogP contribution in [0.5, 0.6) is 0 Å². The van der Waals surface area contributed by atoms with Crippen LogP contribution in [0.2, 0.25) is 0 Å². The second-order valence-corrected chi connectivity index (χ2v) is 24.5.